The van der Waals surface area contributed by atoms with Crippen LogP contribution in [0.4, 0.5) is 0 Å². The summed E-state index contributed by atoms with van der Waals surface area (Å²) >= 11 is 0. The molecule has 0 saturated heterocycles. The van der Waals surface area contributed by atoms with Crippen LogP contribution in [0.25, 0.3) is 5.57 Å². The zero-order chi connectivity index (χ0) is 20.6. The van der Waals surface area contributed by atoms with Crippen molar-refractivity contribution in [1.29, 1.82) is 0 Å². The summed E-state index contributed by atoms with van der Waals surface area (Å²) in [5, 5.41) is 9.88. The van der Waals surface area contributed by atoms with Gasteiger partial charge in [-0.15, -0.1) is 0 Å². The third-order valence-corrected chi connectivity index (χ3v) is 8.91. The molecule has 0 bridgehead atoms. The molecule has 1 heterocycles. The molecule has 0 aromatic carbocycles. The molecule has 4 heteroatoms. The summed E-state index contributed by atoms with van der Waals surface area (Å²) in [4.78, 5) is 16.4. The average Bonchev–Trinajstić information content (AvgIpc) is 3.08. The first-order valence-corrected chi connectivity index (χ1v) is 11.2. The molecule has 1 N–H and O–H groups in total. The molecule has 2 saturated carbocycles. The third-order valence-electron chi connectivity index (χ3n) is 8.91. The van der Waals surface area contributed by atoms with Crippen molar-refractivity contribution >= 4 is 11.5 Å². The Kier molecular flexibility index (Phi) is 5.58. The number of rotatable bonds is 5. The largest absolute Gasteiger partial charge is 0.469 e. The number of nitrogens with zero attached hydrogens (tertiary/aromatic N) is 1. The SMILES string of the molecule is COC(=O)C[C@@H]1CCC2[C@@H]3CC=C(c4cccnc4)C3(C)CC[C@@H]2[C@@]1(C)CCO. The maximum absolute atomic E-state index is 12.1. The number of carbonyl (C=O) groups is 1. The van der Waals surface area contributed by atoms with Crippen LogP contribution in [0.1, 0.15) is 64.4 Å². The summed E-state index contributed by atoms with van der Waals surface area (Å²) in [5.41, 5.74) is 2.96. The van der Waals surface area contributed by atoms with Gasteiger partial charge in [-0.25, -0.2) is 0 Å². The number of carbonyl (C=O) groups excluding carboxylic acids is 1. The Bertz CT molecular complexity index is 776. The van der Waals surface area contributed by atoms with Crippen LogP contribution in [-0.4, -0.2) is 29.8 Å². The molecule has 2 fully saturated rings. The lowest BCUT2D eigenvalue weighted by atomic mass is 9.46. The molecule has 3 aliphatic rings. The van der Waals surface area contributed by atoms with E-state index in [1.54, 1.807) is 0 Å². The van der Waals surface area contributed by atoms with Crippen LogP contribution in [-0.2, 0) is 9.53 Å². The maximum Gasteiger partial charge on any atom is 0.305 e. The van der Waals surface area contributed by atoms with Gasteiger partial charge >= 0.3 is 5.97 Å². The van der Waals surface area contributed by atoms with Crippen LogP contribution in [0.2, 0.25) is 0 Å². The first-order chi connectivity index (χ1) is 13.9. The van der Waals surface area contributed by atoms with Gasteiger partial charge in [-0.3, -0.25) is 9.78 Å². The fourth-order valence-electron chi connectivity index (χ4n) is 7.32. The molecule has 158 valence electrons. The van der Waals surface area contributed by atoms with E-state index in [9.17, 15) is 9.90 Å². The monoisotopic (exact) mass is 397 g/mol. The predicted octanol–water partition coefficient (Wildman–Crippen LogP) is 4.88. The van der Waals surface area contributed by atoms with Gasteiger partial charge < -0.3 is 9.84 Å². The number of hydrogen-bond acceptors (Lipinski definition) is 4. The van der Waals surface area contributed by atoms with Crippen molar-refractivity contribution in [3.8, 4) is 0 Å². The van der Waals surface area contributed by atoms with E-state index in [-0.39, 0.29) is 23.4 Å². The second-order valence-corrected chi connectivity index (χ2v) is 9.96. The summed E-state index contributed by atoms with van der Waals surface area (Å²) in [6.07, 6.45) is 13.3. The van der Waals surface area contributed by atoms with Crippen LogP contribution in [0, 0.1) is 34.5 Å². The van der Waals surface area contributed by atoms with E-state index in [4.69, 9.17) is 4.74 Å². The molecule has 6 atom stereocenters. The number of hydrogen-bond donors (Lipinski definition) is 1. The summed E-state index contributed by atoms with van der Waals surface area (Å²) in [6.45, 7) is 4.99. The lowest BCUT2D eigenvalue weighted by molar-refractivity contribution is -0.147. The van der Waals surface area contributed by atoms with Crippen LogP contribution >= 0.6 is 0 Å². The topological polar surface area (TPSA) is 59.4 Å². The Balaban J connectivity index is 1.61. The van der Waals surface area contributed by atoms with E-state index in [1.165, 1.54) is 37.5 Å². The molecule has 0 spiro atoms. The van der Waals surface area contributed by atoms with Crippen molar-refractivity contribution in [2.24, 2.45) is 34.5 Å². The molecule has 0 amide bonds. The smallest absolute Gasteiger partial charge is 0.305 e. The summed E-state index contributed by atoms with van der Waals surface area (Å²) in [6, 6.07) is 4.23. The number of ether oxygens (including phenoxy) is 1. The average molecular weight is 398 g/mol. The van der Waals surface area contributed by atoms with Gasteiger partial charge in [-0.2, -0.15) is 0 Å². The fourth-order valence-corrected chi connectivity index (χ4v) is 7.32. The zero-order valence-electron chi connectivity index (χ0n) is 18.1. The fraction of sp³-hybridized carbons (Fsp3) is 0.680. The molecular formula is C25H35NO3. The molecule has 1 aromatic rings. The van der Waals surface area contributed by atoms with Gasteiger partial charge in [0.2, 0.25) is 0 Å². The van der Waals surface area contributed by atoms with Crippen molar-refractivity contribution in [2.75, 3.05) is 13.7 Å². The molecular weight excluding hydrogens is 362 g/mol. The van der Waals surface area contributed by atoms with E-state index in [1.807, 2.05) is 18.5 Å². The van der Waals surface area contributed by atoms with Crippen LogP contribution in [0.15, 0.2) is 30.6 Å². The molecule has 0 aliphatic heterocycles. The van der Waals surface area contributed by atoms with E-state index in [0.717, 1.165) is 19.3 Å². The number of allylic oxidation sites excluding steroid dienone is 2. The minimum atomic E-state index is -0.111. The van der Waals surface area contributed by atoms with Crippen LogP contribution in [0.5, 0.6) is 0 Å². The first-order valence-electron chi connectivity index (χ1n) is 11.2. The summed E-state index contributed by atoms with van der Waals surface area (Å²) in [7, 11) is 1.48. The minimum absolute atomic E-state index is 0.00421. The summed E-state index contributed by atoms with van der Waals surface area (Å²) < 4.78 is 4.99. The lowest BCUT2D eigenvalue weighted by Crippen LogP contribution is -2.52. The van der Waals surface area contributed by atoms with Crippen LogP contribution < -0.4 is 0 Å². The van der Waals surface area contributed by atoms with Crippen molar-refractivity contribution in [3.63, 3.8) is 0 Å². The van der Waals surface area contributed by atoms with E-state index in [2.05, 4.69) is 31.0 Å². The Morgan fingerprint density at radius 2 is 2.10 bits per heavy atom. The number of methoxy groups -OCH3 is 1. The highest BCUT2D eigenvalue weighted by Gasteiger charge is 2.57. The molecule has 0 radical (unpaired) electrons. The van der Waals surface area contributed by atoms with Gasteiger partial charge in [-0.1, -0.05) is 26.0 Å². The van der Waals surface area contributed by atoms with Gasteiger partial charge in [0.25, 0.3) is 0 Å². The van der Waals surface area contributed by atoms with Gasteiger partial charge in [-0.05, 0) is 90.2 Å². The van der Waals surface area contributed by atoms with E-state index in [0.29, 0.717) is 30.1 Å². The molecule has 4 nitrogen and oxygen atoms in total. The first kappa shape index (κ1) is 20.6. The summed E-state index contributed by atoms with van der Waals surface area (Å²) in [5.74, 6) is 2.07. The van der Waals surface area contributed by atoms with Crippen molar-refractivity contribution in [3.05, 3.63) is 36.2 Å². The second-order valence-electron chi connectivity index (χ2n) is 9.96. The zero-order valence-corrected chi connectivity index (χ0v) is 18.1. The van der Waals surface area contributed by atoms with Crippen molar-refractivity contribution in [2.45, 2.75) is 58.8 Å². The number of aliphatic hydroxyl groups excluding tert-OH is 1. The number of aromatic nitrogens is 1. The normalized spacial score (nSPS) is 38.7. The quantitative estimate of drug-likeness (QED) is 0.720. The van der Waals surface area contributed by atoms with Gasteiger partial charge in [0.1, 0.15) is 0 Å². The number of fused-ring (bicyclic) bond motifs is 3. The molecule has 1 aromatic heterocycles. The Morgan fingerprint density at radius 3 is 2.79 bits per heavy atom. The standard InChI is InChI=1S/C25H35NO3/c1-24(12-14-27)18(15-23(28)29-3)6-7-19-21-9-8-20(17-5-4-13-26-16-17)25(21,2)11-10-22(19)24/h4-5,8,13,16,18-19,21-22,27H,6-7,9-12,14-15H2,1-3H3/t18-,19?,21-,22-,24-,25?/m0/s1. The minimum Gasteiger partial charge on any atom is -0.469 e. The van der Waals surface area contributed by atoms with Crippen molar-refractivity contribution < 1.29 is 14.6 Å². The number of pyridine rings is 1. The van der Waals surface area contributed by atoms with Gasteiger partial charge in [0.05, 0.1) is 7.11 Å². The van der Waals surface area contributed by atoms with Gasteiger partial charge in [0.15, 0.2) is 0 Å². The lowest BCUT2D eigenvalue weighted by Gasteiger charge is -2.59. The second kappa shape index (κ2) is 7.86. The van der Waals surface area contributed by atoms with E-state index >= 15 is 0 Å². The van der Waals surface area contributed by atoms with Crippen LogP contribution in [0.3, 0.4) is 0 Å². The molecule has 3 aliphatic carbocycles. The number of aliphatic hydroxyl groups is 1. The highest BCUT2D eigenvalue weighted by atomic mass is 16.5. The van der Waals surface area contributed by atoms with Crippen molar-refractivity contribution in [1.82, 2.24) is 4.98 Å². The predicted molar refractivity (Wildman–Crippen MR) is 114 cm³/mol. The molecule has 2 unspecified atom stereocenters. The Hall–Kier alpha value is -1.68. The van der Waals surface area contributed by atoms with E-state index < -0.39 is 0 Å². The maximum atomic E-state index is 12.1. The highest BCUT2D eigenvalue weighted by molar-refractivity contribution is 5.72. The third kappa shape index (κ3) is 3.34. The molecule has 29 heavy (non-hydrogen) atoms. The highest BCUT2D eigenvalue weighted by Crippen LogP contribution is 2.66. The molecule has 4 rings (SSSR count). The van der Waals surface area contributed by atoms with Gasteiger partial charge in [0, 0.05) is 25.4 Å². The number of esters is 1. The Morgan fingerprint density at radius 1 is 1.28 bits per heavy atom. The Labute approximate surface area is 174 Å².